The summed E-state index contributed by atoms with van der Waals surface area (Å²) in [6.07, 6.45) is 0. The van der Waals surface area contributed by atoms with E-state index >= 15 is 0 Å². The van der Waals surface area contributed by atoms with Gasteiger partial charge in [-0.25, -0.2) is 0 Å². The molecular weight excluding hydrogens is 641 g/mol. The third-order valence-electron chi connectivity index (χ3n) is 9.03. The van der Waals surface area contributed by atoms with E-state index in [0.717, 1.165) is 0 Å². The fourth-order valence-corrected chi connectivity index (χ4v) is 9.09. The molecule has 0 saturated heterocycles. The van der Waals surface area contributed by atoms with E-state index in [-0.39, 0.29) is 0 Å². The van der Waals surface area contributed by atoms with Crippen molar-refractivity contribution in [3.63, 3.8) is 0 Å². The molecule has 50 heavy (non-hydrogen) atoms. The molecule has 0 unspecified atom stereocenters. The summed E-state index contributed by atoms with van der Waals surface area (Å²) < 4.78 is 0. The van der Waals surface area contributed by atoms with Gasteiger partial charge >= 0.3 is 0 Å². The van der Waals surface area contributed by atoms with Gasteiger partial charge < -0.3 is 0 Å². The van der Waals surface area contributed by atoms with Crippen LogP contribution in [0.2, 0.25) is 0 Å². The van der Waals surface area contributed by atoms with E-state index in [0.29, 0.717) is 0 Å². The molecule has 0 radical (unpaired) electrons. The summed E-state index contributed by atoms with van der Waals surface area (Å²) >= 11 is 0. The molecule has 0 aromatic heterocycles. The first-order valence-electron chi connectivity index (χ1n) is 16.9. The van der Waals surface area contributed by atoms with Crippen molar-refractivity contribution in [3.05, 3.63) is 206 Å². The maximum absolute atomic E-state index is 2.26. The van der Waals surface area contributed by atoms with Crippen LogP contribution in [-0.4, -0.2) is 0 Å². The first kappa shape index (κ1) is 31.7. The second kappa shape index (κ2) is 14.9. The van der Waals surface area contributed by atoms with E-state index in [1.54, 1.807) is 0 Å². The second-order valence-corrected chi connectivity index (χ2v) is 14.3. The molecule has 0 fully saturated rings. The molecule has 2 heteroatoms. The topological polar surface area (TPSA) is 0 Å². The molecule has 0 amide bonds. The lowest BCUT2D eigenvalue weighted by Crippen LogP contribution is -1.90. The SMILES string of the molecule is c1ccc(-c2ccccc2-c2ccccc2-c2ccccc2SSc2ccccc2-c2ccccc2-c2ccccc2-c2ccccc2)cc1. The number of hydrogen-bond acceptors (Lipinski definition) is 2. The average Bonchev–Trinajstić information content (AvgIpc) is 3.21. The molecule has 8 rings (SSSR count). The first-order chi connectivity index (χ1) is 24.8. The summed E-state index contributed by atoms with van der Waals surface area (Å²) in [5.74, 6) is 0. The number of rotatable bonds is 9. The normalized spacial score (nSPS) is 11.0. The van der Waals surface area contributed by atoms with E-state index in [9.17, 15) is 0 Å². The Balaban J connectivity index is 1.16. The van der Waals surface area contributed by atoms with Crippen LogP contribution in [0, 0.1) is 0 Å². The van der Waals surface area contributed by atoms with Gasteiger partial charge in [0.1, 0.15) is 0 Å². The quantitative estimate of drug-likeness (QED) is 0.140. The minimum absolute atomic E-state index is 1.22. The lowest BCUT2D eigenvalue weighted by Gasteiger charge is -2.18. The molecule has 0 aliphatic heterocycles. The van der Waals surface area contributed by atoms with Gasteiger partial charge in [-0.3, -0.25) is 0 Å². The molecule has 0 N–H and O–H groups in total. The zero-order valence-corrected chi connectivity index (χ0v) is 29.1. The Morgan fingerprint density at radius 2 is 0.400 bits per heavy atom. The van der Waals surface area contributed by atoms with Gasteiger partial charge in [-0.2, -0.15) is 0 Å². The van der Waals surface area contributed by atoms with Crippen LogP contribution in [0.5, 0.6) is 0 Å². The van der Waals surface area contributed by atoms with Crippen LogP contribution in [0.3, 0.4) is 0 Å². The van der Waals surface area contributed by atoms with E-state index in [2.05, 4.69) is 206 Å². The number of hydrogen-bond donors (Lipinski definition) is 0. The Labute approximate surface area is 302 Å². The minimum atomic E-state index is 1.22. The van der Waals surface area contributed by atoms with E-state index in [4.69, 9.17) is 0 Å². The van der Waals surface area contributed by atoms with Gasteiger partial charge in [-0.1, -0.05) is 216 Å². The molecule has 0 spiro atoms. The molecule has 0 atom stereocenters. The second-order valence-electron chi connectivity index (χ2n) is 12.1. The molecule has 0 bridgehead atoms. The monoisotopic (exact) mass is 674 g/mol. The van der Waals surface area contributed by atoms with Crippen LogP contribution in [0.1, 0.15) is 0 Å². The Hall–Kier alpha value is -5.54. The van der Waals surface area contributed by atoms with Gasteiger partial charge in [0.2, 0.25) is 0 Å². The van der Waals surface area contributed by atoms with Gasteiger partial charge in [-0.15, -0.1) is 0 Å². The molecule has 0 heterocycles. The van der Waals surface area contributed by atoms with E-state index in [1.165, 1.54) is 76.6 Å². The average molecular weight is 675 g/mol. The molecular formula is C48H34S2. The smallest absolute Gasteiger partial charge is 0.0264 e. The summed E-state index contributed by atoms with van der Waals surface area (Å²) in [6.45, 7) is 0. The third-order valence-corrected chi connectivity index (χ3v) is 11.5. The van der Waals surface area contributed by atoms with Crippen molar-refractivity contribution in [1.29, 1.82) is 0 Å². The summed E-state index contributed by atoms with van der Waals surface area (Å²) in [7, 11) is 3.65. The zero-order valence-electron chi connectivity index (χ0n) is 27.4. The largest absolute Gasteiger partial charge is 0.0622 e. The molecule has 0 saturated carbocycles. The highest BCUT2D eigenvalue weighted by molar-refractivity contribution is 8.76. The van der Waals surface area contributed by atoms with Gasteiger partial charge in [-0.05, 0) is 78.9 Å². The van der Waals surface area contributed by atoms with Gasteiger partial charge in [0.25, 0.3) is 0 Å². The predicted molar refractivity (Wildman–Crippen MR) is 217 cm³/mol. The fraction of sp³-hybridized carbons (Fsp3) is 0. The van der Waals surface area contributed by atoms with Crippen LogP contribution in [0.4, 0.5) is 0 Å². The molecule has 0 nitrogen and oxygen atoms in total. The molecule has 0 aliphatic carbocycles. The highest BCUT2D eigenvalue weighted by Crippen LogP contribution is 2.48. The van der Waals surface area contributed by atoms with Gasteiger partial charge in [0.15, 0.2) is 0 Å². The van der Waals surface area contributed by atoms with Crippen LogP contribution in [0.15, 0.2) is 216 Å². The van der Waals surface area contributed by atoms with Crippen LogP contribution < -0.4 is 0 Å². The van der Waals surface area contributed by atoms with E-state index < -0.39 is 0 Å². The molecule has 8 aromatic rings. The maximum atomic E-state index is 2.26. The summed E-state index contributed by atoms with van der Waals surface area (Å²) in [4.78, 5) is 2.47. The zero-order chi connectivity index (χ0) is 33.5. The standard InChI is InChI=1S/C48H34S2/c1-3-19-35(20-4-1)37-23-7-9-25-39(37)41-27-11-13-29-43(41)45-31-15-17-33-47(45)49-50-48-34-18-16-32-46(48)44-30-14-12-28-42(44)40-26-10-8-24-38(40)36-21-5-2-6-22-36/h1-34H. The number of benzene rings is 8. The highest BCUT2D eigenvalue weighted by Gasteiger charge is 2.17. The van der Waals surface area contributed by atoms with E-state index in [1.807, 2.05) is 21.6 Å². The van der Waals surface area contributed by atoms with Crippen molar-refractivity contribution in [1.82, 2.24) is 0 Å². The Morgan fingerprint density at radius 1 is 0.180 bits per heavy atom. The van der Waals surface area contributed by atoms with Gasteiger partial charge in [0, 0.05) is 9.79 Å². The highest BCUT2D eigenvalue weighted by atomic mass is 33.1. The first-order valence-corrected chi connectivity index (χ1v) is 19.0. The fourth-order valence-electron chi connectivity index (χ4n) is 6.69. The van der Waals surface area contributed by atoms with Gasteiger partial charge in [0.05, 0.1) is 0 Å². The maximum Gasteiger partial charge on any atom is 0.0264 e. The van der Waals surface area contributed by atoms with Crippen molar-refractivity contribution in [2.24, 2.45) is 0 Å². The Kier molecular flexibility index (Phi) is 9.46. The lowest BCUT2D eigenvalue weighted by molar-refractivity contribution is 1.44. The molecule has 0 aliphatic rings. The summed E-state index contributed by atoms with van der Waals surface area (Å²) in [6, 6.07) is 74.1. The summed E-state index contributed by atoms with van der Waals surface area (Å²) in [5.41, 5.74) is 14.8. The van der Waals surface area contributed by atoms with Crippen LogP contribution in [0.25, 0.3) is 66.8 Å². The summed E-state index contributed by atoms with van der Waals surface area (Å²) in [5, 5.41) is 0. The van der Waals surface area contributed by atoms with Crippen LogP contribution in [-0.2, 0) is 0 Å². The van der Waals surface area contributed by atoms with Crippen LogP contribution >= 0.6 is 21.6 Å². The Bertz CT molecular complexity index is 2210. The van der Waals surface area contributed by atoms with Crippen molar-refractivity contribution in [2.45, 2.75) is 9.79 Å². The predicted octanol–water partition coefficient (Wildman–Crippen LogP) is 14.5. The van der Waals surface area contributed by atoms with Crippen molar-refractivity contribution < 1.29 is 0 Å². The molecule has 238 valence electrons. The van der Waals surface area contributed by atoms with Crippen molar-refractivity contribution in [3.8, 4) is 66.8 Å². The van der Waals surface area contributed by atoms with Crippen molar-refractivity contribution in [2.75, 3.05) is 0 Å². The third kappa shape index (κ3) is 6.56. The lowest BCUT2D eigenvalue weighted by atomic mass is 9.89. The minimum Gasteiger partial charge on any atom is -0.0622 e. The molecule has 8 aromatic carbocycles. The van der Waals surface area contributed by atoms with Crippen molar-refractivity contribution >= 4 is 21.6 Å². The Morgan fingerprint density at radius 3 is 0.740 bits per heavy atom.